The predicted molar refractivity (Wildman–Crippen MR) is 87.3 cm³/mol. The Morgan fingerprint density at radius 2 is 2.05 bits per heavy atom. The minimum atomic E-state index is -0.0340. The molecule has 6 heteroatoms. The molecule has 0 bridgehead atoms. The van der Waals surface area contributed by atoms with Crippen molar-refractivity contribution in [2.75, 3.05) is 19.7 Å². The monoisotopic (exact) mass is 332 g/mol. The van der Waals surface area contributed by atoms with E-state index in [0.29, 0.717) is 35.3 Å². The molecule has 0 unspecified atom stereocenters. The van der Waals surface area contributed by atoms with Crippen LogP contribution in [0.3, 0.4) is 0 Å². The van der Waals surface area contributed by atoms with Gasteiger partial charge >= 0.3 is 0 Å². The van der Waals surface area contributed by atoms with Gasteiger partial charge in [-0.3, -0.25) is 4.79 Å². The zero-order valence-electron chi connectivity index (χ0n) is 12.5. The standard InChI is InChI=1S/C15H22Cl2N2O2/c1-3-6-18-10-11-8-12(16)9-13(17)15(11)21-7-5-14(20)19-4-2/h8-9,18H,3-7,10H2,1-2H3,(H,19,20). The molecule has 118 valence electrons. The van der Waals surface area contributed by atoms with Gasteiger partial charge in [0.05, 0.1) is 18.1 Å². The van der Waals surface area contributed by atoms with Gasteiger partial charge in [0.15, 0.2) is 0 Å². The van der Waals surface area contributed by atoms with Gasteiger partial charge in [0.25, 0.3) is 0 Å². The molecular formula is C15H22Cl2N2O2. The molecule has 1 aromatic rings. The third-order valence-corrected chi connectivity index (χ3v) is 3.28. The lowest BCUT2D eigenvalue weighted by Gasteiger charge is -2.14. The van der Waals surface area contributed by atoms with E-state index in [1.54, 1.807) is 6.07 Å². The molecule has 0 radical (unpaired) electrons. The quantitative estimate of drug-likeness (QED) is 0.681. The van der Waals surface area contributed by atoms with Crippen molar-refractivity contribution in [3.63, 3.8) is 0 Å². The van der Waals surface area contributed by atoms with Crippen LogP contribution in [0.25, 0.3) is 0 Å². The molecule has 0 atom stereocenters. The maximum absolute atomic E-state index is 11.4. The molecule has 0 heterocycles. The fourth-order valence-corrected chi connectivity index (χ4v) is 2.43. The molecule has 0 saturated carbocycles. The van der Waals surface area contributed by atoms with E-state index in [1.807, 2.05) is 13.0 Å². The Morgan fingerprint density at radius 3 is 2.71 bits per heavy atom. The van der Waals surface area contributed by atoms with Gasteiger partial charge in [-0.2, -0.15) is 0 Å². The maximum Gasteiger partial charge on any atom is 0.223 e. The molecule has 4 nitrogen and oxygen atoms in total. The summed E-state index contributed by atoms with van der Waals surface area (Å²) in [4.78, 5) is 11.4. The van der Waals surface area contributed by atoms with Crippen LogP contribution in [0.5, 0.6) is 5.75 Å². The molecule has 2 N–H and O–H groups in total. The summed E-state index contributed by atoms with van der Waals surface area (Å²) >= 11 is 12.2. The first kappa shape index (κ1) is 18.1. The van der Waals surface area contributed by atoms with Gasteiger partial charge in [-0.25, -0.2) is 0 Å². The highest BCUT2D eigenvalue weighted by Gasteiger charge is 2.11. The average Bonchev–Trinajstić information content (AvgIpc) is 2.42. The van der Waals surface area contributed by atoms with Gasteiger partial charge in [-0.05, 0) is 32.0 Å². The molecule has 1 rings (SSSR count). The van der Waals surface area contributed by atoms with Crippen molar-refractivity contribution in [2.24, 2.45) is 0 Å². The number of rotatable bonds is 9. The van der Waals surface area contributed by atoms with Crippen molar-refractivity contribution in [1.82, 2.24) is 10.6 Å². The second kappa shape index (κ2) is 9.87. The molecule has 0 fully saturated rings. The second-order valence-corrected chi connectivity index (χ2v) is 5.45. The minimum Gasteiger partial charge on any atom is -0.491 e. The third-order valence-electron chi connectivity index (χ3n) is 2.78. The van der Waals surface area contributed by atoms with Gasteiger partial charge in [-0.15, -0.1) is 0 Å². The van der Waals surface area contributed by atoms with Gasteiger partial charge in [0.1, 0.15) is 5.75 Å². The van der Waals surface area contributed by atoms with Crippen LogP contribution < -0.4 is 15.4 Å². The number of carbonyl (C=O) groups excluding carboxylic acids is 1. The Balaban J connectivity index is 2.67. The van der Waals surface area contributed by atoms with Crippen molar-refractivity contribution in [2.45, 2.75) is 33.2 Å². The van der Waals surface area contributed by atoms with Crippen LogP contribution in [-0.2, 0) is 11.3 Å². The van der Waals surface area contributed by atoms with E-state index in [9.17, 15) is 4.79 Å². The first-order valence-corrected chi connectivity index (χ1v) is 7.92. The Bertz CT molecular complexity index is 467. The van der Waals surface area contributed by atoms with Crippen LogP contribution in [0.1, 0.15) is 32.3 Å². The lowest BCUT2D eigenvalue weighted by molar-refractivity contribution is -0.121. The van der Waals surface area contributed by atoms with Gasteiger partial charge < -0.3 is 15.4 Å². The topological polar surface area (TPSA) is 50.4 Å². The largest absolute Gasteiger partial charge is 0.491 e. The number of amides is 1. The van der Waals surface area contributed by atoms with E-state index in [0.717, 1.165) is 18.5 Å². The fraction of sp³-hybridized carbons (Fsp3) is 0.533. The number of hydrogen-bond acceptors (Lipinski definition) is 3. The lowest BCUT2D eigenvalue weighted by atomic mass is 10.2. The Morgan fingerprint density at radius 1 is 1.29 bits per heavy atom. The molecule has 0 saturated heterocycles. The zero-order valence-corrected chi connectivity index (χ0v) is 14.0. The van der Waals surface area contributed by atoms with E-state index >= 15 is 0 Å². The summed E-state index contributed by atoms with van der Waals surface area (Å²) in [6, 6.07) is 3.48. The number of carbonyl (C=O) groups is 1. The van der Waals surface area contributed by atoms with Crippen molar-refractivity contribution >= 4 is 29.1 Å². The lowest BCUT2D eigenvalue weighted by Crippen LogP contribution is -2.24. The SMILES string of the molecule is CCCNCc1cc(Cl)cc(Cl)c1OCCC(=O)NCC. The van der Waals surface area contributed by atoms with E-state index in [4.69, 9.17) is 27.9 Å². The van der Waals surface area contributed by atoms with Crippen molar-refractivity contribution in [3.8, 4) is 5.75 Å². The summed E-state index contributed by atoms with van der Waals surface area (Å²) < 4.78 is 5.68. The molecule has 21 heavy (non-hydrogen) atoms. The van der Waals surface area contributed by atoms with Gasteiger partial charge in [0, 0.05) is 23.7 Å². The number of hydrogen-bond donors (Lipinski definition) is 2. The Kier molecular flexibility index (Phi) is 8.50. The average molecular weight is 333 g/mol. The summed E-state index contributed by atoms with van der Waals surface area (Å²) in [5.74, 6) is 0.558. The zero-order chi connectivity index (χ0) is 15.7. The van der Waals surface area contributed by atoms with Crippen LogP contribution in [0.15, 0.2) is 12.1 Å². The fourth-order valence-electron chi connectivity index (χ4n) is 1.84. The van der Waals surface area contributed by atoms with Gasteiger partial charge in [-0.1, -0.05) is 30.1 Å². The number of benzene rings is 1. The number of nitrogens with one attached hydrogen (secondary N) is 2. The normalized spacial score (nSPS) is 10.5. The molecule has 0 aromatic heterocycles. The minimum absolute atomic E-state index is 0.0340. The van der Waals surface area contributed by atoms with E-state index in [2.05, 4.69) is 17.6 Å². The third kappa shape index (κ3) is 6.55. The molecule has 0 aliphatic heterocycles. The van der Waals surface area contributed by atoms with Gasteiger partial charge in [0.2, 0.25) is 5.91 Å². The number of ether oxygens (including phenoxy) is 1. The molecular weight excluding hydrogens is 311 g/mol. The van der Waals surface area contributed by atoms with Crippen LogP contribution in [-0.4, -0.2) is 25.6 Å². The molecule has 0 aliphatic rings. The van der Waals surface area contributed by atoms with Crippen LogP contribution in [0.4, 0.5) is 0 Å². The van der Waals surface area contributed by atoms with Crippen molar-refractivity contribution in [1.29, 1.82) is 0 Å². The van der Waals surface area contributed by atoms with Crippen LogP contribution in [0.2, 0.25) is 10.0 Å². The summed E-state index contributed by atoms with van der Waals surface area (Å²) in [5.41, 5.74) is 0.900. The highest BCUT2D eigenvalue weighted by atomic mass is 35.5. The number of halogens is 2. The van der Waals surface area contributed by atoms with E-state index in [1.165, 1.54) is 0 Å². The summed E-state index contributed by atoms with van der Waals surface area (Å²) in [6.45, 7) is 6.42. The summed E-state index contributed by atoms with van der Waals surface area (Å²) in [5, 5.41) is 7.05. The molecule has 0 aliphatic carbocycles. The first-order chi connectivity index (χ1) is 10.1. The van der Waals surface area contributed by atoms with Crippen molar-refractivity contribution in [3.05, 3.63) is 27.7 Å². The summed E-state index contributed by atoms with van der Waals surface area (Å²) in [6.07, 6.45) is 1.34. The maximum atomic E-state index is 11.4. The summed E-state index contributed by atoms with van der Waals surface area (Å²) in [7, 11) is 0. The Labute approximate surface area is 136 Å². The molecule has 1 aromatic carbocycles. The van der Waals surface area contributed by atoms with Crippen LogP contribution >= 0.6 is 23.2 Å². The molecule has 1 amide bonds. The second-order valence-electron chi connectivity index (χ2n) is 4.60. The van der Waals surface area contributed by atoms with Crippen LogP contribution in [0, 0.1) is 0 Å². The Hall–Kier alpha value is -0.970. The smallest absolute Gasteiger partial charge is 0.223 e. The van der Waals surface area contributed by atoms with E-state index < -0.39 is 0 Å². The highest BCUT2D eigenvalue weighted by molar-refractivity contribution is 6.35. The first-order valence-electron chi connectivity index (χ1n) is 7.16. The van der Waals surface area contributed by atoms with Crippen molar-refractivity contribution < 1.29 is 9.53 Å². The molecule has 0 spiro atoms. The van der Waals surface area contributed by atoms with E-state index in [-0.39, 0.29) is 12.5 Å². The highest BCUT2D eigenvalue weighted by Crippen LogP contribution is 2.32. The predicted octanol–water partition coefficient (Wildman–Crippen LogP) is 3.40.